The van der Waals surface area contributed by atoms with Crippen molar-refractivity contribution >= 4 is 28.9 Å². The van der Waals surface area contributed by atoms with E-state index < -0.39 is 104 Å². The van der Waals surface area contributed by atoms with Crippen LogP contribution in [0.5, 0.6) is 17.2 Å². The minimum absolute atomic E-state index is 0.416. The Hall–Kier alpha value is -4.62. The fourth-order valence-corrected chi connectivity index (χ4v) is 3.87. The summed E-state index contributed by atoms with van der Waals surface area (Å²) in [5, 5.41) is -3.16. The van der Waals surface area contributed by atoms with Crippen molar-refractivity contribution < 1.29 is 57.9 Å². The summed E-state index contributed by atoms with van der Waals surface area (Å²) in [6, 6.07) is 6.58. The largest absolute Gasteiger partial charge is 0.864 e. The lowest BCUT2D eigenvalue weighted by Crippen LogP contribution is -2.38. The van der Waals surface area contributed by atoms with E-state index >= 15 is 0 Å². The third-order valence-electron chi connectivity index (χ3n) is 5.70. The van der Waals surface area contributed by atoms with E-state index in [1.165, 1.54) is 0 Å². The monoisotopic (exact) mass is 570 g/mol. The number of halogens is 10. The lowest BCUT2D eigenvalue weighted by atomic mass is 10.1. The molecule has 5 rings (SSSR count). The molecule has 5 aromatic carbocycles. The van der Waals surface area contributed by atoms with Crippen molar-refractivity contribution in [1.29, 1.82) is 0 Å². The molecule has 0 aliphatic heterocycles. The fourth-order valence-electron chi connectivity index (χ4n) is 3.87. The Morgan fingerprint density at radius 1 is 0.400 bits per heavy atom. The zero-order valence-electron chi connectivity index (χ0n) is 19.3. The summed E-state index contributed by atoms with van der Waals surface area (Å²) >= 11 is 0. The maximum absolute atomic E-state index is 14.7. The lowest BCUT2D eigenvalue weighted by Gasteiger charge is -2.19. The van der Waals surface area contributed by atoms with Crippen LogP contribution in [0.4, 0.5) is 43.9 Å². The molecule has 0 N–H and O–H groups in total. The first-order chi connectivity index (χ1) is 19.0. The first-order valence-corrected chi connectivity index (χ1v) is 10.9. The van der Waals surface area contributed by atoms with Crippen LogP contribution in [-0.2, 0) is 0 Å². The Labute approximate surface area is 217 Å². The third-order valence-corrected chi connectivity index (χ3v) is 5.70. The SMILES string of the molecule is Fc1ccc(F)c(OB(Oc2ccc(F)c3c(F)c(F)ccc23)Oc2cccc3c(F)c(F)c(F)c(F)c23)c1F. The number of fused-ring (bicyclic) bond motifs is 2. The first kappa shape index (κ1) is 27.0. The van der Waals surface area contributed by atoms with Crippen LogP contribution >= 0.6 is 0 Å². The summed E-state index contributed by atoms with van der Waals surface area (Å²) in [5.74, 6) is -20.1. The summed E-state index contributed by atoms with van der Waals surface area (Å²) in [7, 11) is -2.49. The van der Waals surface area contributed by atoms with Crippen LogP contribution in [0, 0.1) is 58.2 Å². The van der Waals surface area contributed by atoms with Gasteiger partial charge in [-0.25, -0.2) is 39.5 Å². The molecular formula is C26H9BF10O3. The molecule has 0 heterocycles. The second-order valence-electron chi connectivity index (χ2n) is 8.08. The normalized spacial score (nSPS) is 11.2. The van der Waals surface area contributed by atoms with Crippen molar-refractivity contribution in [1.82, 2.24) is 0 Å². The molecule has 0 unspecified atom stereocenters. The minimum atomic E-state index is -2.49. The third kappa shape index (κ3) is 4.48. The zero-order chi connectivity index (χ0) is 28.9. The van der Waals surface area contributed by atoms with E-state index in [2.05, 4.69) is 0 Å². The summed E-state index contributed by atoms with van der Waals surface area (Å²) in [4.78, 5) is 0. The van der Waals surface area contributed by atoms with Crippen LogP contribution in [-0.4, -0.2) is 7.32 Å². The van der Waals surface area contributed by atoms with Gasteiger partial charge in [-0.2, -0.15) is 4.39 Å². The van der Waals surface area contributed by atoms with Crippen molar-refractivity contribution in [3.05, 3.63) is 113 Å². The Morgan fingerprint density at radius 3 is 1.75 bits per heavy atom. The molecule has 0 amide bonds. The molecule has 40 heavy (non-hydrogen) atoms. The fraction of sp³-hybridized carbons (Fsp3) is 0. The highest BCUT2D eigenvalue weighted by molar-refractivity contribution is 6.40. The molecule has 0 aliphatic rings. The van der Waals surface area contributed by atoms with Crippen LogP contribution in [0.15, 0.2) is 54.6 Å². The topological polar surface area (TPSA) is 27.7 Å². The standard InChI is InChI=1S/C26H9BF10O3/c28-12-8-9-16(10-4-5-13(29)21(33)18(10)12)38-27(40-26-15(31)7-6-14(30)22(26)34)39-17-3-1-2-11-19(17)23(35)25(37)24(36)20(11)32/h1-9H. The maximum Gasteiger partial charge on any atom is 0.864 e. The molecule has 0 fully saturated rings. The molecule has 0 aliphatic carbocycles. The molecule has 14 heteroatoms. The van der Waals surface area contributed by atoms with Crippen molar-refractivity contribution in [2.24, 2.45) is 0 Å². The molecule has 0 atom stereocenters. The van der Waals surface area contributed by atoms with Gasteiger partial charge in [0.1, 0.15) is 17.3 Å². The van der Waals surface area contributed by atoms with E-state index in [4.69, 9.17) is 14.0 Å². The highest BCUT2D eigenvalue weighted by atomic mass is 19.2. The van der Waals surface area contributed by atoms with Crippen molar-refractivity contribution in [3.63, 3.8) is 0 Å². The van der Waals surface area contributed by atoms with E-state index in [0.717, 1.165) is 30.3 Å². The van der Waals surface area contributed by atoms with Gasteiger partial charge in [0, 0.05) is 10.8 Å². The van der Waals surface area contributed by atoms with Gasteiger partial charge in [0.2, 0.25) is 5.82 Å². The van der Waals surface area contributed by atoms with Gasteiger partial charge < -0.3 is 14.0 Å². The summed E-state index contributed by atoms with van der Waals surface area (Å²) < 4.78 is 157. The molecule has 5 aromatic rings. The molecule has 0 spiro atoms. The molecule has 0 radical (unpaired) electrons. The van der Waals surface area contributed by atoms with E-state index in [1.54, 1.807) is 0 Å². The number of rotatable bonds is 6. The van der Waals surface area contributed by atoms with Crippen LogP contribution in [0.2, 0.25) is 0 Å². The van der Waals surface area contributed by atoms with Gasteiger partial charge in [0.25, 0.3) is 0 Å². The second kappa shape index (κ2) is 10.2. The lowest BCUT2D eigenvalue weighted by molar-refractivity contribution is 0.290. The Balaban J connectivity index is 1.66. The molecule has 204 valence electrons. The smallest absolute Gasteiger partial charge is 0.489 e. The van der Waals surface area contributed by atoms with E-state index in [9.17, 15) is 43.9 Å². The van der Waals surface area contributed by atoms with Gasteiger partial charge in [-0.05, 0) is 42.5 Å². The van der Waals surface area contributed by atoms with E-state index in [1.807, 2.05) is 0 Å². The average molecular weight is 570 g/mol. The van der Waals surface area contributed by atoms with Crippen LogP contribution in [0.25, 0.3) is 21.5 Å². The van der Waals surface area contributed by atoms with Gasteiger partial charge in [-0.3, -0.25) is 0 Å². The number of hydrogen-bond donors (Lipinski definition) is 0. The second-order valence-corrected chi connectivity index (χ2v) is 8.08. The average Bonchev–Trinajstić information content (AvgIpc) is 2.93. The molecule has 0 saturated heterocycles. The predicted molar refractivity (Wildman–Crippen MR) is 122 cm³/mol. The van der Waals surface area contributed by atoms with Crippen molar-refractivity contribution in [3.8, 4) is 17.2 Å². The highest BCUT2D eigenvalue weighted by Crippen LogP contribution is 2.36. The molecule has 3 nitrogen and oxygen atoms in total. The predicted octanol–water partition coefficient (Wildman–Crippen LogP) is 7.91. The van der Waals surface area contributed by atoms with E-state index in [0.29, 0.717) is 24.3 Å². The quantitative estimate of drug-likeness (QED) is 0.0900. The summed E-state index contributed by atoms with van der Waals surface area (Å²) in [5.41, 5.74) is 0. The van der Waals surface area contributed by atoms with E-state index in [-0.39, 0.29) is 0 Å². The number of benzene rings is 5. The van der Waals surface area contributed by atoms with Gasteiger partial charge in [0.15, 0.2) is 52.3 Å². The summed E-state index contributed by atoms with van der Waals surface area (Å²) in [6.45, 7) is 0. The Kier molecular flexibility index (Phi) is 6.86. The van der Waals surface area contributed by atoms with Crippen LogP contribution < -0.4 is 14.0 Å². The molecule has 0 aromatic heterocycles. The number of hydrogen-bond acceptors (Lipinski definition) is 3. The first-order valence-electron chi connectivity index (χ1n) is 10.9. The van der Waals surface area contributed by atoms with Gasteiger partial charge in [-0.15, -0.1) is 0 Å². The van der Waals surface area contributed by atoms with Crippen LogP contribution in [0.3, 0.4) is 0 Å². The van der Waals surface area contributed by atoms with Gasteiger partial charge in [-0.1, -0.05) is 12.1 Å². The van der Waals surface area contributed by atoms with Gasteiger partial charge in [0.05, 0.1) is 10.8 Å². The highest BCUT2D eigenvalue weighted by Gasteiger charge is 2.36. The maximum atomic E-state index is 14.7. The summed E-state index contributed by atoms with van der Waals surface area (Å²) in [6.07, 6.45) is 0. The molecular weight excluding hydrogens is 561 g/mol. The molecule has 0 bridgehead atoms. The van der Waals surface area contributed by atoms with Crippen molar-refractivity contribution in [2.75, 3.05) is 0 Å². The zero-order valence-corrected chi connectivity index (χ0v) is 19.3. The minimum Gasteiger partial charge on any atom is -0.489 e. The Morgan fingerprint density at radius 2 is 1.00 bits per heavy atom. The van der Waals surface area contributed by atoms with Gasteiger partial charge >= 0.3 is 7.32 Å². The molecule has 0 saturated carbocycles. The van der Waals surface area contributed by atoms with Crippen LogP contribution in [0.1, 0.15) is 0 Å². The Bertz CT molecular complexity index is 1810. The van der Waals surface area contributed by atoms with Crippen molar-refractivity contribution in [2.45, 2.75) is 0 Å².